The molecule has 19 heavy (non-hydrogen) atoms. The topological polar surface area (TPSA) is 119 Å². The predicted octanol–water partition coefficient (Wildman–Crippen LogP) is -0.297. The molecule has 1 aliphatic rings. The van der Waals surface area contributed by atoms with Crippen molar-refractivity contribution < 1.29 is 14.9 Å². The average Bonchev–Trinajstić information content (AvgIpc) is 2.92. The fourth-order valence-electron chi connectivity index (χ4n) is 2.18. The van der Waals surface area contributed by atoms with Crippen LogP contribution in [-0.2, 0) is 4.74 Å². The fourth-order valence-corrected chi connectivity index (χ4v) is 2.40. The van der Waals surface area contributed by atoms with Gasteiger partial charge in [0.25, 0.3) is 0 Å². The lowest BCUT2D eigenvalue weighted by Crippen LogP contribution is -2.19. The standard InChI is InChI=1S/C10H12ClN5O3/c11-7-6-8(15-10(12)14-7)16(3-13-6)9-5(18)1-4(2-17)19-9/h3-5,9,17-18H,1-2H2,(H2,12,14,15). The number of nitrogens with two attached hydrogens (primary N) is 1. The van der Waals surface area contributed by atoms with Gasteiger partial charge >= 0.3 is 0 Å². The van der Waals surface area contributed by atoms with E-state index >= 15 is 0 Å². The van der Waals surface area contributed by atoms with Gasteiger partial charge in [-0.3, -0.25) is 4.57 Å². The number of aliphatic hydroxyl groups is 2. The van der Waals surface area contributed by atoms with Crippen LogP contribution in [0.1, 0.15) is 12.6 Å². The van der Waals surface area contributed by atoms with Crippen LogP contribution < -0.4 is 5.73 Å². The molecule has 1 saturated heterocycles. The number of fused-ring (bicyclic) bond motifs is 1. The van der Waals surface area contributed by atoms with Gasteiger partial charge in [-0.1, -0.05) is 11.6 Å². The van der Waals surface area contributed by atoms with Gasteiger partial charge in [0, 0.05) is 6.42 Å². The molecule has 3 unspecified atom stereocenters. The first-order chi connectivity index (χ1) is 9.10. The smallest absolute Gasteiger partial charge is 0.223 e. The van der Waals surface area contributed by atoms with Gasteiger partial charge < -0.3 is 20.7 Å². The first-order valence-electron chi connectivity index (χ1n) is 5.70. The lowest BCUT2D eigenvalue weighted by Gasteiger charge is -2.16. The number of hydrogen-bond donors (Lipinski definition) is 3. The fraction of sp³-hybridized carbons (Fsp3) is 0.500. The number of nitrogens with zero attached hydrogens (tertiary/aromatic N) is 4. The molecule has 102 valence electrons. The normalized spacial score (nSPS) is 27.2. The summed E-state index contributed by atoms with van der Waals surface area (Å²) in [5.74, 6) is 0.0189. The number of anilines is 1. The number of imidazole rings is 1. The molecule has 8 nitrogen and oxygen atoms in total. The van der Waals surface area contributed by atoms with Gasteiger partial charge in [0.05, 0.1) is 19.0 Å². The van der Waals surface area contributed by atoms with E-state index in [1.54, 1.807) is 4.57 Å². The zero-order chi connectivity index (χ0) is 13.6. The molecule has 0 radical (unpaired) electrons. The van der Waals surface area contributed by atoms with Crippen LogP contribution >= 0.6 is 11.6 Å². The molecular weight excluding hydrogens is 274 g/mol. The van der Waals surface area contributed by atoms with Crippen molar-refractivity contribution in [3.8, 4) is 0 Å². The lowest BCUT2D eigenvalue weighted by atomic mass is 10.2. The Hall–Kier alpha value is -1.48. The zero-order valence-corrected chi connectivity index (χ0v) is 10.5. The second kappa shape index (κ2) is 4.57. The molecule has 4 N–H and O–H groups in total. The van der Waals surface area contributed by atoms with Crippen molar-refractivity contribution in [3.05, 3.63) is 11.5 Å². The first kappa shape index (κ1) is 12.5. The van der Waals surface area contributed by atoms with E-state index in [9.17, 15) is 5.11 Å². The molecule has 2 aromatic rings. The number of halogens is 1. The van der Waals surface area contributed by atoms with Crippen molar-refractivity contribution in [1.82, 2.24) is 19.5 Å². The third kappa shape index (κ3) is 2.02. The Balaban J connectivity index is 2.06. The van der Waals surface area contributed by atoms with Gasteiger partial charge in [0.15, 0.2) is 17.0 Å². The quantitative estimate of drug-likeness (QED) is 0.648. The molecule has 0 aromatic carbocycles. The lowest BCUT2D eigenvalue weighted by molar-refractivity contribution is -0.0486. The molecule has 0 bridgehead atoms. The highest BCUT2D eigenvalue weighted by Crippen LogP contribution is 2.31. The number of aromatic nitrogens is 4. The largest absolute Gasteiger partial charge is 0.394 e. The maximum absolute atomic E-state index is 9.97. The molecule has 9 heteroatoms. The highest BCUT2D eigenvalue weighted by atomic mass is 35.5. The Labute approximate surface area is 112 Å². The molecule has 0 saturated carbocycles. The van der Waals surface area contributed by atoms with E-state index in [1.165, 1.54) is 6.33 Å². The third-order valence-corrected chi connectivity index (χ3v) is 3.30. The van der Waals surface area contributed by atoms with Gasteiger partial charge in [-0.25, -0.2) is 4.98 Å². The minimum Gasteiger partial charge on any atom is -0.394 e. The second-order valence-electron chi connectivity index (χ2n) is 4.33. The van der Waals surface area contributed by atoms with Crippen molar-refractivity contribution in [3.63, 3.8) is 0 Å². The van der Waals surface area contributed by atoms with Crippen LogP contribution in [0.15, 0.2) is 6.33 Å². The van der Waals surface area contributed by atoms with E-state index in [2.05, 4.69) is 15.0 Å². The number of rotatable bonds is 2. The van der Waals surface area contributed by atoms with Crippen LogP contribution in [0.3, 0.4) is 0 Å². The Morgan fingerprint density at radius 3 is 3.00 bits per heavy atom. The van der Waals surface area contributed by atoms with Crippen LogP contribution in [-0.4, -0.2) is 48.5 Å². The Kier molecular flexibility index (Phi) is 3.02. The van der Waals surface area contributed by atoms with E-state index in [0.29, 0.717) is 17.6 Å². The Morgan fingerprint density at radius 1 is 1.53 bits per heavy atom. The van der Waals surface area contributed by atoms with Crippen molar-refractivity contribution in [2.24, 2.45) is 0 Å². The maximum Gasteiger partial charge on any atom is 0.223 e. The molecule has 3 atom stereocenters. The summed E-state index contributed by atoms with van der Waals surface area (Å²) >= 11 is 5.92. The molecule has 0 spiro atoms. The van der Waals surface area contributed by atoms with Crippen LogP contribution in [0.2, 0.25) is 5.15 Å². The van der Waals surface area contributed by atoms with Gasteiger partial charge in [-0.05, 0) is 0 Å². The number of ether oxygens (including phenoxy) is 1. The summed E-state index contributed by atoms with van der Waals surface area (Å²) in [7, 11) is 0. The number of aliphatic hydroxyl groups excluding tert-OH is 2. The summed E-state index contributed by atoms with van der Waals surface area (Å²) in [6.45, 7) is -0.155. The molecule has 1 aliphatic heterocycles. The first-order valence-corrected chi connectivity index (χ1v) is 6.08. The van der Waals surface area contributed by atoms with E-state index < -0.39 is 18.4 Å². The predicted molar refractivity (Wildman–Crippen MR) is 66.4 cm³/mol. The highest BCUT2D eigenvalue weighted by molar-refractivity contribution is 6.33. The summed E-state index contributed by atoms with van der Waals surface area (Å²) in [6, 6.07) is 0. The SMILES string of the molecule is Nc1nc(Cl)c2ncn(C3OC(CO)CC3O)c2n1. The monoisotopic (exact) mass is 285 g/mol. The van der Waals surface area contributed by atoms with Crippen LogP contribution in [0.25, 0.3) is 11.2 Å². The minimum atomic E-state index is -0.760. The maximum atomic E-state index is 9.97. The summed E-state index contributed by atoms with van der Waals surface area (Å²) < 4.78 is 7.07. The molecule has 3 heterocycles. The molecule has 0 amide bonds. The third-order valence-electron chi connectivity index (χ3n) is 3.04. The van der Waals surface area contributed by atoms with Crippen molar-refractivity contribution in [2.75, 3.05) is 12.3 Å². The van der Waals surface area contributed by atoms with Gasteiger partial charge in [0.1, 0.15) is 11.6 Å². The minimum absolute atomic E-state index is 0.0189. The Morgan fingerprint density at radius 2 is 2.32 bits per heavy atom. The number of hydrogen-bond acceptors (Lipinski definition) is 7. The van der Waals surface area contributed by atoms with Gasteiger partial charge in [-0.2, -0.15) is 9.97 Å². The zero-order valence-electron chi connectivity index (χ0n) is 9.77. The van der Waals surface area contributed by atoms with Crippen LogP contribution in [0.4, 0.5) is 5.95 Å². The van der Waals surface area contributed by atoms with E-state index in [4.69, 9.17) is 27.2 Å². The number of nitrogen functional groups attached to an aromatic ring is 1. The van der Waals surface area contributed by atoms with E-state index in [0.717, 1.165) is 0 Å². The molecule has 2 aromatic heterocycles. The molecule has 0 aliphatic carbocycles. The van der Waals surface area contributed by atoms with Crippen LogP contribution in [0, 0.1) is 0 Å². The van der Waals surface area contributed by atoms with E-state index in [-0.39, 0.29) is 17.7 Å². The molecule has 3 rings (SSSR count). The molecule has 1 fully saturated rings. The van der Waals surface area contributed by atoms with Crippen molar-refractivity contribution >= 4 is 28.7 Å². The van der Waals surface area contributed by atoms with Gasteiger partial charge in [-0.15, -0.1) is 0 Å². The van der Waals surface area contributed by atoms with Crippen LogP contribution in [0.5, 0.6) is 0 Å². The second-order valence-corrected chi connectivity index (χ2v) is 4.69. The summed E-state index contributed by atoms with van der Waals surface area (Å²) in [4.78, 5) is 11.9. The van der Waals surface area contributed by atoms with Crippen molar-refractivity contribution in [2.45, 2.75) is 24.9 Å². The summed E-state index contributed by atoms with van der Waals surface area (Å²) in [5, 5.41) is 19.2. The summed E-state index contributed by atoms with van der Waals surface area (Å²) in [6.07, 6.45) is -0.0443. The van der Waals surface area contributed by atoms with E-state index in [1.807, 2.05) is 0 Å². The summed E-state index contributed by atoms with van der Waals surface area (Å²) in [5.41, 5.74) is 6.33. The highest BCUT2D eigenvalue weighted by Gasteiger charge is 2.36. The molecular formula is C10H12ClN5O3. The van der Waals surface area contributed by atoms with Crippen molar-refractivity contribution in [1.29, 1.82) is 0 Å². The Bertz CT molecular complexity index is 618. The van der Waals surface area contributed by atoms with Gasteiger partial charge in [0.2, 0.25) is 5.95 Å². The average molecular weight is 286 g/mol.